The smallest absolute Gasteiger partial charge is 0.258 e. The summed E-state index contributed by atoms with van der Waals surface area (Å²) in [4.78, 5) is 19.1. The van der Waals surface area contributed by atoms with Crippen LogP contribution >= 0.6 is 23.1 Å². The molecule has 2 aliphatic rings. The van der Waals surface area contributed by atoms with Crippen LogP contribution in [0.4, 0.5) is 0 Å². The van der Waals surface area contributed by atoms with E-state index in [0.29, 0.717) is 0 Å². The Morgan fingerprint density at radius 3 is 3.24 bits per heavy atom. The maximum absolute atomic E-state index is 12.0. The third kappa shape index (κ3) is 1.51. The quantitative estimate of drug-likeness (QED) is 0.511. The Kier molecular flexibility index (Phi) is 2.20. The molecule has 1 aromatic carbocycles. The van der Waals surface area contributed by atoms with Crippen LogP contribution in [0.1, 0.15) is 5.56 Å². The van der Waals surface area contributed by atoms with E-state index < -0.39 is 0 Å². The normalized spacial score (nSPS) is 22.5. The molecule has 4 heterocycles. The van der Waals surface area contributed by atoms with E-state index in [9.17, 15) is 4.79 Å². The van der Waals surface area contributed by atoms with Gasteiger partial charge in [0.2, 0.25) is 0 Å². The van der Waals surface area contributed by atoms with E-state index in [-0.39, 0.29) is 11.3 Å². The number of carbonyl (C=O) groups excluding carboxylic acids is 1. The van der Waals surface area contributed by atoms with Gasteiger partial charge in [-0.2, -0.15) is 0 Å². The van der Waals surface area contributed by atoms with Gasteiger partial charge in [-0.25, -0.2) is 4.98 Å². The molecule has 4 nitrogen and oxygen atoms in total. The molecule has 1 fully saturated rings. The lowest BCUT2D eigenvalue weighted by Crippen LogP contribution is -2.47. The molecule has 6 heteroatoms. The van der Waals surface area contributed by atoms with Crippen molar-refractivity contribution >= 4 is 50.3 Å². The van der Waals surface area contributed by atoms with Crippen molar-refractivity contribution in [3.05, 3.63) is 53.3 Å². The number of hydrogen-bond acceptors (Lipinski definition) is 4. The van der Waals surface area contributed by atoms with Crippen molar-refractivity contribution in [2.75, 3.05) is 0 Å². The van der Waals surface area contributed by atoms with Gasteiger partial charge in [0, 0.05) is 18.6 Å². The molecule has 102 valence electrons. The zero-order chi connectivity index (χ0) is 14.0. The fourth-order valence-corrected chi connectivity index (χ4v) is 4.76. The van der Waals surface area contributed by atoms with Gasteiger partial charge >= 0.3 is 0 Å². The fraction of sp³-hybridized carbons (Fsp3) is 0.0667. The summed E-state index contributed by atoms with van der Waals surface area (Å²) in [5.74, 6) is 0.113. The van der Waals surface area contributed by atoms with Gasteiger partial charge < -0.3 is 0 Å². The Morgan fingerprint density at radius 1 is 1.33 bits per heavy atom. The molecule has 0 radical (unpaired) electrons. The van der Waals surface area contributed by atoms with Crippen LogP contribution in [0, 0.1) is 0 Å². The first-order valence-corrected chi connectivity index (χ1v) is 8.29. The largest absolute Gasteiger partial charge is 0.298 e. The third-order valence-electron chi connectivity index (χ3n) is 3.80. The van der Waals surface area contributed by atoms with Crippen molar-refractivity contribution in [2.24, 2.45) is 0 Å². The lowest BCUT2D eigenvalue weighted by Gasteiger charge is -2.35. The predicted octanol–water partition coefficient (Wildman–Crippen LogP) is 3.32. The van der Waals surface area contributed by atoms with E-state index in [1.807, 2.05) is 30.1 Å². The molecule has 0 N–H and O–H groups in total. The maximum Gasteiger partial charge on any atom is 0.258 e. The Balaban J connectivity index is 1.60. The van der Waals surface area contributed by atoms with Gasteiger partial charge in [-0.15, -0.1) is 11.8 Å². The Bertz CT molecular complexity index is 966. The molecule has 2 aliphatic heterocycles. The monoisotopic (exact) mass is 311 g/mol. The summed E-state index contributed by atoms with van der Waals surface area (Å²) < 4.78 is 3.28. The van der Waals surface area contributed by atoms with E-state index >= 15 is 0 Å². The van der Waals surface area contributed by atoms with E-state index in [2.05, 4.69) is 27.6 Å². The predicted molar refractivity (Wildman–Crippen MR) is 85.9 cm³/mol. The third-order valence-corrected chi connectivity index (χ3v) is 5.85. The zero-order valence-electron chi connectivity index (χ0n) is 10.8. The number of aromatic nitrogens is 2. The molecule has 0 bridgehead atoms. The number of fused-ring (bicyclic) bond motifs is 4. The van der Waals surface area contributed by atoms with Gasteiger partial charge in [0.25, 0.3) is 5.91 Å². The summed E-state index contributed by atoms with van der Waals surface area (Å²) in [6.45, 7) is 0. The summed E-state index contributed by atoms with van der Waals surface area (Å²) in [7, 11) is 0. The van der Waals surface area contributed by atoms with Crippen LogP contribution < -0.4 is 0 Å². The van der Waals surface area contributed by atoms with Crippen LogP contribution in [0.3, 0.4) is 0 Å². The number of thiazole rings is 1. The second-order valence-electron chi connectivity index (χ2n) is 4.99. The number of amides is 1. The van der Waals surface area contributed by atoms with Crippen molar-refractivity contribution in [1.82, 2.24) is 14.3 Å². The van der Waals surface area contributed by atoms with Crippen molar-refractivity contribution in [2.45, 2.75) is 5.37 Å². The minimum absolute atomic E-state index is 0.113. The summed E-state index contributed by atoms with van der Waals surface area (Å²) >= 11 is 3.34. The number of hydrogen-bond donors (Lipinski definition) is 0. The standard InChI is InChI=1S/C15H9N3OS2/c19-13-10(14-18(13)5-6-20-14)7-9-1-2-11-12(8-9)21-15-16-3-4-17(11)15/h1-8,14H/b10-7-. The highest BCUT2D eigenvalue weighted by molar-refractivity contribution is 8.03. The molecule has 1 unspecified atom stereocenters. The molecule has 5 rings (SSSR count). The second kappa shape index (κ2) is 3.99. The molecule has 21 heavy (non-hydrogen) atoms. The number of carbonyl (C=O) groups is 1. The highest BCUT2D eigenvalue weighted by Crippen LogP contribution is 2.41. The van der Waals surface area contributed by atoms with Gasteiger partial charge in [-0.1, -0.05) is 17.4 Å². The first-order valence-electron chi connectivity index (χ1n) is 6.53. The van der Waals surface area contributed by atoms with E-state index in [4.69, 9.17) is 0 Å². The van der Waals surface area contributed by atoms with Crippen LogP contribution in [0.2, 0.25) is 0 Å². The first kappa shape index (κ1) is 11.6. The Morgan fingerprint density at radius 2 is 2.29 bits per heavy atom. The molecule has 1 atom stereocenters. The minimum Gasteiger partial charge on any atom is -0.298 e. The lowest BCUT2D eigenvalue weighted by molar-refractivity contribution is -0.130. The SMILES string of the molecule is O=C1/C(=C/c2ccc3c(c2)sc2nccn23)C2SC=CN12. The average Bonchev–Trinajstić information content (AvgIpc) is 3.17. The van der Waals surface area contributed by atoms with Gasteiger partial charge in [-0.3, -0.25) is 14.1 Å². The second-order valence-corrected chi connectivity index (χ2v) is 6.99. The van der Waals surface area contributed by atoms with E-state index in [1.165, 1.54) is 4.70 Å². The van der Waals surface area contributed by atoms with Crippen molar-refractivity contribution in [3.63, 3.8) is 0 Å². The molecule has 3 aromatic rings. The summed E-state index contributed by atoms with van der Waals surface area (Å²) in [6, 6.07) is 6.28. The van der Waals surface area contributed by atoms with E-state index in [1.54, 1.807) is 28.0 Å². The zero-order valence-corrected chi connectivity index (χ0v) is 12.4. The number of nitrogens with zero attached hydrogens (tertiary/aromatic N) is 3. The topological polar surface area (TPSA) is 37.6 Å². The van der Waals surface area contributed by atoms with Crippen LogP contribution in [-0.2, 0) is 4.79 Å². The summed E-state index contributed by atoms with van der Waals surface area (Å²) in [5, 5.41) is 2.15. The van der Waals surface area contributed by atoms with Crippen LogP contribution in [-0.4, -0.2) is 25.6 Å². The highest BCUT2D eigenvalue weighted by Gasteiger charge is 2.43. The number of β-lactam (4-membered cyclic amide) rings is 1. The molecule has 1 saturated heterocycles. The van der Waals surface area contributed by atoms with Crippen LogP contribution in [0.25, 0.3) is 21.3 Å². The van der Waals surface area contributed by atoms with E-state index in [0.717, 1.165) is 21.6 Å². The molecule has 0 saturated carbocycles. The van der Waals surface area contributed by atoms with Crippen molar-refractivity contribution in [3.8, 4) is 0 Å². The van der Waals surface area contributed by atoms with Gasteiger partial charge in [0.05, 0.1) is 15.8 Å². The molecular formula is C15H9N3OS2. The molecule has 0 aliphatic carbocycles. The highest BCUT2D eigenvalue weighted by atomic mass is 32.2. The molecule has 0 spiro atoms. The summed E-state index contributed by atoms with van der Waals surface area (Å²) in [6.07, 6.45) is 7.64. The molecule has 1 amide bonds. The van der Waals surface area contributed by atoms with Gasteiger partial charge in [0.1, 0.15) is 5.37 Å². The minimum atomic E-state index is 0.113. The molecular weight excluding hydrogens is 302 g/mol. The maximum atomic E-state index is 12.0. The average molecular weight is 311 g/mol. The Labute approximate surface area is 128 Å². The Hall–Kier alpha value is -2.05. The van der Waals surface area contributed by atoms with Crippen LogP contribution in [0.15, 0.2) is 47.8 Å². The van der Waals surface area contributed by atoms with Crippen molar-refractivity contribution < 1.29 is 4.79 Å². The number of benzene rings is 1. The summed E-state index contributed by atoms with van der Waals surface area (Å²) in [5.41, 5.74) is 3.11. The molecule has 2 aromatic heterocycles. The number of rotatable bonds is 1. The lowest BCUT2D eigenvalue weighted by atomic mass is 10.0. The van der Waals surface area contributed by atoms with Gasteiger partial charge in [-0.05, 0) is 29.2 Å². The van der Waals surface area contributed by atoms with Crippen molar-refractivity contribution in [1.29, 1.82) is 0 Å². The van der Waals surface area contributed by atoms with Gasteiger partial charge in [0.15, 0.2) is 4.96 Å². The fourth-order valence-electron chi connectivity index (χ4n) is 2.77. The van der Waals surface area contributed by atoms with Crippen LogP contribution in [0.5, 0.6) is 0 Å². The number of imidazole rings is 1. The first-order chi connectivity index (χ1) is 10.3. The number of thioether (sulfide) groups is 1.